The highest BCUT2D eigenvalue weighted by molar-refractivity contribution is 14.1. The van der Waals surface area contributed by atoms with Crippen molar-refractivity contribution in [2.24, 2.45) is 0 Å². The molecular formula is C11H10IN3O2. The number of nitrogens with zero attached hydrogens (tertiary/aromatic N) is 3. The number of carbonyl (C=O) groups is 1. The summed E-state index contributed by atoms with van der Waals surface area (Å²) in [6.07, 6.45) is 0.631. The molecule has 1 aromatic carbocycles. The Morgan fingerprint density at radius 3 is 2.88 bits per heavy atom. The molecule has 0 unspecified atom stereocenters. The molecule has 0 aliphatic carbocycles. The zero-order chi connectivity index (χ0) is 12.4. The van der Waals surface area contributed by atoms with Gasteiger partial charge in [-0.25, -0.2) is 14.5 Å². The van der Waals surface area contributed by atoms with Crippen molar-refractivity contribution in [1.82, 2.24) is 14.8 Å². The second-order valence-electron chi connectivity index (χ2n) is 3.40. The Kier molecular flexibility index (Phi) is 3.41. The molecule has 0 amide bonds. The number of aromatic nitrogens is 3. The van der Waals surface area contributed by atoms with Crippen LogP contribution in [0.25, 0.3) is 5.69 Å². The lowest BCUT2D eigenvalue weighted by Gasteiger charge is -2.04. The number of benzene rings is 1. The molecule has 0 spiro atoms. The Labute approximate surface area is 112 Å². The van der Waals surface area contributed by atoms with Gasteiger partial charge in [0.25, 0.3) is 5.82 Å². The molecule has 0 bridgehead atoms. The predicted molar refractivity (Wildman–Crippen MR) is 70.4 cm³/mol. The Morgan fingerprint density at radius 2 is 2.29 bits per heavy atom. The summed E-state index contributed by atoms with van der Waals surface area (Å²) < 4.78 is 2.64. The fourth-order valence-electron chi connectivity index (χ4n) is 1.48. The van der Waals surface area contributed by atoms with Gasteiger partial charge in [-0.15, -0.1) is 5.10 Å². The van der Waals surface area contributed by atoms with Gasteiger partial charge in [0.15, 0.2) is 0 Å². The molecule has 0 saturated heterocycles. The van der Waals surface area contributed by atoms with E-state index in [4.69, 9.17) is 5.11 Å². The van der Waals surface area contributed by atoms with Crippen LogP contribution in [0.15, 0.2) is 24.3 Å². The quantitative estimate of drug-likeness (QED) is 0.867. The minimum absolute atomic E-state index is 0.166. The van der Waals surface area contributed by atoms with Crippen molar-refractivity contribution in [2.45, 2.75) is 13.3 Å². The van der Waals surface area contributed by atoms with E-state index in [9.17, 15) is 4.79 Å². The van der Waals surface area contributed by atoms with E-state index in [1.54, 1.807) is 4.68 Å². The monoisotopic (exact) mass is 343 g/mol. The molecule has 0 radical (unpaired) electrons. The molecule has 6 heteroatoms. The molecule has 5 nitrogen and oxygen atoms in total. The van der Waals surface area contributed by atoms with Crippen LogP contribution in [0.1, 0.15) is 23.4 Å². The van der Waals surface area contributed by atoms with E-state index >= 15 is 0 Å². The van der Waals surface area contributed by atoms with Crippen molar-refractivity contribution in [3.05, 3.63) is 39.5 Å². The van der Waals surface area contributed by atoms with E-state index in [1.165, 1.54) is 0 Å². The van der Waals surface area contributed by atoms with Crippen LogP contribution in [0.3, 0.4) is 0 Å². The number of aryl methyl sites for hydroxylation is 1. The van der Waals surface area contributed by atoms with Crippen LogP contribution >= 0.6 is 22.6 Å². The first-order valence-electron chi connectivity index (χ1n) is 5.07. The summed E-state index contributed by atoms with van der Waals surface area (Å²) in [5, 5.41) is 12.9. The van der Waals surface area contributed by atoms with Crippen molar-refractivity contribution >= 4 is 28.6 Å². The zero-order valence-electron chi connectivity index (χ0n) is 9.09. The summed E-state index contributed by atoms with van der Waals surface area (Å²) in [6, 6.07) is 7.67. The van der Waals surface area contributed by atoms with Gasteiger partial charge in [-0.3, -0.25) is 0 Å². The maximum absolute atomic E-state index is 10.8. The first-order chi connectivity index (χ1) is 8.11. The van der Waals surface area contributed by atoms with E-state index < -0.39 is 5.97 Å². The van der Waals surface area contributed by atoms with E-state index in [0.717, 1.165) is 9.26 Å². The largest absolute Gasteiger partial charge is 0.475 e. The molecule has 0 fully saturated rings. The van der Waals surface area contributed by atoms with Gasteiger partial charge in [-0.2, -0.15) is 0 Å². The lowest BCUT2D eigenvalue weighted by Crippen LogP contribution is -2.03. The molecule has 88 valence electrons. The number of halogens is 1. The average molecular weight is 343 g/mol. The Bertz CT molecular complexity index is 566. The average Bonchev–Trinajstić information content (AvgIpc) is 2.73. The van der Waals surface area contributed by atoms with Crippen LogP contribution in [0.2, 0.25) is 0 Å². The molecule has 0 aliphatic heterocycles. The van der Waals surface area contributed by atoms with Gasteiger partial charge in [0.2, 0.25) is 0 Å². The highest BCUT2D eigenvalue weighted by atomic mass is 127. The van der Waals surface area contributed by atoms with Crippen LogP contribution in [-0.2, 0) is 6.42 Å². The van der Waals surface area contributed by atoms with Crippen molar-refractivity contribution < 1.29 is 9.90 Å². The highest BCUT2D eigenvalue weighted by Gasteiger charge is 2.15. The fraction of sp³-hybridized carbons (Fsp3) is 0.182. The first-order valence-corrected chi connectivity index (χ1v) is 6.15. The number of carboxylic acids is 1. The summed E-state index contributed by atoms with van der Waals surface area (Å²) in [7, 11) is 0. The highest BCUT2D eigenvalue weighted by Crippen LogP contribution is 2.14. The maximum Gasteiger partial charge on any atom is 0.375 e. The third-order valence-corrected chi connectivity index (χ3v) is 2.91. The van der Waals surface area contributed by atoms with Gasteiger partial charge in [0, 0.05) is 9.99 Å². The zero-order valence-corrected chi connectivity index (χ0v) is 11.2. The third-order valence-electron chi connectivity index (χ3n) is 2.23. The molecular weight excluding hydrogens is 333 g/mol. The van der Waals surface area contributed by atoms with Gasteiger partial charge >= 0.3 is 5.97 Å². The normalized spacial score (nSPS) is 10.5. The van der Waals surface area contributed by atoms with E-state index in [1.807, 2.05) is 31.2 Å². The Balaban J connectivity index is 2.54. The molecule has 2 rings (SSSR count). The second-order valence-corrected chi connectivity index (χ2v) is 4.65. The van der Waals surface area contributed by atoms with Crippen LogP contribution in [-0.4, -0.2) is 25.8 Å². The number of hydrogen-bond acceptors (Lipinski definition) is 3. The van der Waals surface area contributed by atoms with Gasteiger partial charge in [-0.05, 0) is 40.8 Å². The van der Waals surface area contributed by atoms with Crippen LogP contribution < -0.4 is 0 Å². The molecule has 1 aromatic heterocycles. The minimum Gasteiger partial charge on any atom is -0.475 e. The third kappa shape index (κ3) is 2.46. The summed E-state index contributed by atoms with van der Waals surface area (Å²) >= 11 is 2.20. The standard InChI is InChI=1S/C11H10IN3O2/c1-2-9-13-10(11(16)17)14-15(9)8-5-3-4-7(12)6-8/h3-6H,2H2,1H3,(H,16,17). The molecule has 0 atom stereocenters. The van der Waals surface area contributed by atoms with Gasteiger partial charge in [0.05, 0.1) is 5.69 Å². The molecule has 17 heavy (non-hydrogen) atoms. The summed E-state index contributed by atoms with van der Waals surface area (Å²) in [6.45, 7) is 1.92. The van der Waals surface area contributed by atoms with Gasteiger partial charge < -0.3 is 5.11 Å². The van der Waals surface area contributed by atoms with E-state index in [2.05, 4.69) is 32.7 Å². The van der Waals surface area contributed by atoms with Crippen molar-refractivity contribution in [3.63, 3.8) is 0 Å². The molecule has 1 heterocycles. The lowest BCUT2D eigenvalue weighted by atomic mass is 10.3. The molecule has 2 aromatic rings. The number of hydrogen-bond donors (Lipinski definition) is 1. The predicted octanol–water partition coefficient (Wildman–Crippen LogP) is 2.13. The minimum atomic E-state index is -1.11. The second kappa shape index (κ2) is 4.82. The van der Waals surface area contributed by atoms with Crippen LogP contribution in [0.5, 0.6) is 0 Å². The lowest BCUT2D eigenvalue weighted by molar-refractivity contribution is 0.0683. The van der Waals surface area contributed by atoms with Gasteiger partial charge in [-0.1, -0.05) is 13.0 Å². The summed E-state index contributed by atoms with van der Waals surface area (Å²) in [5.74, 6) is -0.630. The Morgan fingerprint density at radius 1 is 1.53 bits per heavy atom. The van der Waals surface area contributed by atoms with Crippen molar-refractivity contribution in [3.8, 4) is 5.69 Å². The first kappa shape index (κ1) is 12.0. The molecule has 0 saturated carbocycles. The smallest absolute Gasteiger partial charge is 0.375 e. The molecule has 0 aliphatic rings. The SMILES string of the molecule is CCc1nc(C(=O)O)nn1-c1cccc(I)c1. The topological polar surface area (TPSA) is 68.0 Å². The van der Waals surface area contributed by atoms with E-state index in [-0.39, 0.29) is 5.82 Å². The van der Waals surface area contributed by atoms with Crippen LogP contribution in [0, 0.1) is 3.57 Å². The number of rotatable bonds is 3. The number of carboxylic acid groups (broad SMARTS) is 1. The van der Waals surface area contributed by atoms with Gasteiger partial charge in [0.1, 0.15) is 5.82 Å². The van der Waals surface area contributed by atoms with Crippen molar-refractivity contribution in [1.29, 1.82) is 0 Å². The van der Waals surface area contributed by atoms with E-state index in [0.29, 0.717) is 12.2 Å². The number of aromatic carboxylic acids is 1. The van der Waals surface area contributed by atoms with Crippen LogP contribution in [0.4, 0.5) is 0 Å². The van der Waals surface area contributed by atoms with Crippen molar-refractivity contribution in [2.75, 3.05) is 0 Å². The Hall–Kier alpha value is -1.44. The fourth-order valence-corrected chi connectivity index (χ4v) is 2.01. The summed E-state index contributed by atoms with van der Waals surface area (Å²) in [4.78, 5) is 14.8. The summed E-state index contributed by atoms with van der Waals surface area (Å²) in [5.41, 5.74) is 0.828. The molecule has 1 N–H and O–H groups in total. The maximum atomic E-state index is 10.8.